The lowest BCUT2D eigenvalue weighted by Gasteiger charge is -2.08. The summed E-state index contributed by atoms with van der Waals surface area (Å²) in [6, 6.07) is 12.7. The van der Waals surface area contributed by atoms with Gasteiger partial charge in [-0.05, 0) is 36.2 Å². The zero-order valence-electron chi connectivity index (χ0n) is 11.9. The Morgan fingerprint density at radius 1 is 1.14 bits per heavy atom. The van der Waals surface area contributed by atoms with Crippen LogP contribution in [-0.2, 0) is 6.61 Å². The predicted octanol–water partition coefficient (Wildman–Crippen LogP) is 3.45. The van der Waals surface area contributed by atoms with Crippen LogP contribution in [0.15, 0.2) is 42.5 Å². The van der Waals surface area contributed by atoms with Crippen LogP contribution < -0.4 is 4.74 Å². The summed E-state index contributed by atoms with van der Waals surface area (Å²) in [5, 5.41) is 8.66. The van der Waals surface area contributed by atoms with E-state index in [1.807, 2.05) is 24.3 Å². The molecule has 0 atom stereocenters. The molecule has 0 bridgehead atoms. The van der Waals surface area contributed by atoms with Gasteiger partial charge in [0, 0.05) is 12.0 Å². The predicted molar refractivity (Wildman–Crippen MR) is 80.5 cm³/mol. The van der Waals surface area contributed by atoms with Crippen LogP contribution in [0.2, 0.25) is 0 Å². The summed E-state index contributed by atoms with van der Waals surface area (Å²) in [4.78, 5) is 0. The van der Waals surface area contributed by atoms with Crippen molar-refractivity contribution in [2.75, 3.05) is 6.61 Å². The first-order chi connectivity index (χ1) is 10.2. The van der Waals surface area contributed by atoms with Crippen molar-refractivity contribution in [3.8, 4) is 17.6 Å². The smallest absolute Gasteiger partial charge is 0.167 e. The fourth-order valence-corrected chi connectivity index (χ4v) is 1.80. The van der Waals surface area contributed by atoms with E-state index in [2.05, 4.69) is 11.8 Å². The third kappa shape index (κ3) is 4.34. The van der Waals surface area contributed by atoms with Crippen molar-refractivity contribution in [1.82, 2.24) is 0 Å². The third-order valence-corrected chi connectivity index (χ3v) is 2.97. The van der Waals surface area contributed by atoms with E-state index >= 15 is 0 Å². The minimum atomic E-state index is -0.316. The summed E-state index contributed by atoms with van der Waals surface area (Å²) in [5.41, 5.74) is 2.40. The molecule has 0 fully saturated rings. The molecule has 0 aliphatic heterocycles. The van der Waals surface area contributed by atoms with Crippen molar-refractivity contribution in [3.63, 3.8) is 0 Å². The number of halogens is 1. The van der Waals surface area contributed by atoms with Gasteiger partial charge in [0.2, 0.25) is 0 Å². The number of benzene rings is 2. The first kappa shape index (κ1) is 15.1. The maximum Gasteiger partial charge on any atom is 0.167 e. The Morgan fingerprint density at radius 3 is 2.62 bits per heavy atom. The van der Waals surface area contributed by atoms with Crippen LogP contribution >= 0.6 is 0 Å². The highest BCUT2D eigenvalue weighted by atomic mass is 19.1. The lowest BCUT2D eigenvalue weighted by Crippen LogP contribution is -1.98. The van der Waals surface area contributed by atoms with Crippen LogP contribution in [-0.4, -0.2) is 11.7 Å². The molecule has 2 aromatic rings. The second-order valence-corrected chi connectivity index (χ2v) is 4.65. The van der Waals surface area contributed by atoms with E-state index in [9.17, 15) is 4.39 Å². The number of rotatable bonds is 4. The summed E-state index contributed by atoms with van der Waals surface area (Å²) in [6.45, 7) is 2.09. The van der Waals surface area contributed by atoms with Crippen molar-refractivity contribution in [1.29, 1.82) is 0 Å². The molecule has 2 rings (SSSR count). The monoisotopic (exact) mass is 284 g/mol. The molecule has 0 heterocycles. The molecule has 21 heavy (non-hydrogen) atoms. The van der Waals surface area contributed by atoms with Gasteiger partial charge in [-0.2, -0.15) is 0 Å². The molecule has 108 valence electrons. The minimum absolute atomic E-state index is 0.0704. The third-order valence-electron chi connectivity index (χ3n) is 2.97. The van der Waals surface area contributed by atoms with Crippen molar-refractivity contribution < 1.29 is 14.2 Å². The summed E-state index contributed by atoms with van der Waals surface area (Å²) in [5.74, 6) is 5.76. The molecule has 1 N–H and O–H groups in total. The molecule has 0 saturated heterocycles. The molecule has 3 heteroatoms. The second kappa shape index (κ2) is 7.47. The van der Waals surface area contributed by atoms with E-state index in [1.165, 1.54) is 0 Å². The first-order valence-corrected chi connectivity index (χ1v) is 6.77. The SMILES string of the molecule is Cc1cccc(OCc2ccc(C#CCCO)cc2)c1F. The quantitative estimate of drug-likeness (QED) is 0.871. The van der Waals surface area contributed by atoms with Crippen molar-refractivity contribution in [3.05, 3.63) is 65.0 Å². The van der Waals surface area contributed by atoms with Crippen molar-refractivity contribution >= 4 is 0 Å². The maximum absolute atomic E-state index is 13.8. The fraction of sp³-hybridized carbons (Fsp3) is 0.222. The van der Waals surface area contributed by atoms with E-state index in [0.29, 0.717) is 18.6 Å². The van der Waals surface area contributed by atoms with Gasteiger partial charge in [0.15, 0.2) is 11.6 Å². The van der Waals surface area contributed by atoms with Crippen LogP contribution in [0.4, 0.5) is 4.39 Å². The largest absolute Gasteiger partial charge is 0.486 e. The molecule has 2 nitrogen and oxygen atoms in total. The van der Waals surface area contributed by atoms with Gasteiger partial charge in [-0.1, -0.05) is 36.1 Å². The van der Waals surface area contributed by atoms with Gasteiger partial charge in [-0.25, -0.2) is 4.39 Å². The van der Waals surface area contributed by atoms with Crippen LogP contribution in [0.3, 0.4) is 0 Å². The molecule has 0 aliphatic carbocycles. The van der Waals surface area contributed by atoms with E-state index in [4.69, 9.17) is 9.84 Å². The van der Waals surface area contributed by atoms with Crippen LogP contribution in [0.5, 0.6) is 5.75 Å². The van der Waals surface area contributed by atoms with E-state index < -0.39 is 0 Å². The standard InChI is InChI=1S/C18H17FO2/c1-14-5-4-7-17(18(14)19)21-13-16-10-8-15(9-11-16)6-2-3-12-20/h4-5,7-11,20H,3,12-13H2,1H3. The highest BCUT2D eigenvalue weighted by molar-refractivity contribution is 5.36. The summed E-state index contributed by atoms with van der Waals surface area (Å²) in [6.07, 6.45) is 0.470. The minimum Gasteiger partial charge on any atom is -0.486 e. The molecular weight excluding hydrogens is 267 g/mol. The Bertz CT molecular complexity index is 651. The first-order valence-electron chi connectivity index (χ1n) is 6.77. The van der Waals surface area contributed by atoms with Gasteiger partial charge < -0.3 is 9.84 Å². The molecule has 0 radical (unpaired) electrons. The van der Waals surface area contributed by atoms with Gasteiger partial charge in [-0.15, -0.1) is 0 Å². The number of aryl methyl sites for hydroxylation is 1. The number of ether oxygens (including phenoxy) is 1. The normalized spacial score (nSPS) is 9.86. The molecule has 2 aromatic carbocycles. The lowest BCUT2D eigenvalue weighted by molar-refractivity contribution is 0.289. The summed E-state index contributed by atoms with van der Waals surface area (Å²) < 4.78 is 19.3. The van der Waals surface area contributed by atoms with E-state index in [0.717, 1.165) is 11.1 Å². The van der Waals surface area contributed by atoms with Gasteiger partial charge in [0.05, 0.1) is 6.61 Å². The Morgan fingerprint density at radius 2 is 1.90 bits per heavy atom. The molecule has 0 aliphatic rings. The summed E-state index contributed by atoms with van der Waals surface area (Å²) in [7, 11) is 0. The zero-order chi connectivity index (χ0) is 15.1. The highest BCUT2D eigenvalue weighted by Gasteiger charge is 2.05. The van der Waals surface area contributed by atoms with E-state index in [-0.39, 0.29) is 18.2 Å². The Labute approximate surface area is 124 Å². The molecule has 0 saturated carbocycles. The lowest BCUT2D eigenvalue weighted by atomic mass is 10.1. The number of hydrogen-bond donors (Lipinski definition) is 1. The molecule has 0 amide bonds. The average molecular weight is 284 g/mol. The van der Waals surface area contributed by atoms with Crippen LogP contribution in [0.1, 0.15) is 23.1 Å². The van der Waals surface area contributed by atoms with E-state index in [1.54, 1.807) is 25.1 Å². The van der Waals surface area contributed by atoms with Crippen molar-refractivity contribution in [2.45, 2.75) is 20.0 Å². The number of hydrogen-bond acceptors (Lipinski definition) is 2. The molecule has 0 spiro atoms. The molecule has 0 aromatic heterocycles. The number of aliphatic hydroxyl groups is 1. The van der Waals surface area contributed by atoms with Crippen molar-refractivity contribution in [2.24, 2.45) is 0 Å². The Kier molecular flexibility index (Phi) is 5.36. The van der Waals surface area contributed by atoms with Crippen LogP contribution in [0, 0.1) is 24.6 Å². The Hall–Kier alpha value is -2.31. The maximum atomic E-state index is 13.8. The van der Waals surface area contributed by atoms with Gasteiger partial charge >= 0.3 is 0 Å². The summed E-state index contributed by atoms with van der Waals surface area (Å²) >= 11 is 0. The number of aliphatic hydroxyl groups excluding tert-OH is 1. The van der Waals surface area contributed by atoms with Gasteiger partial charge in [0.25, 0.3) is 0 Å². The Balaban J connectivity index is 1.98. The average Bonchev–Trinajstić information content (AvgIpc) is 2.50. The highest BCUT2D eigenvalue weighted by Crippen LogP contribution is 2.20. The fourth-order valence-electron chi connectivity index (χ4n) is 1.80. The zero-order valence-corrected chi connectivity index (χ0v) is 11.9. The molecular formula is C18H17FO2. The van der Waals surface area contributed by atoms with Gasteiger partial charge in [-0.3, -0.25) is 0 Å². The topological polar surface area (TPSA) is 29.5 Å². The van der Waals surface area contributed by atoms with Crippen LogP contribution in [0.25, 0.3) is 0 Å². The molecule has 0 unspecified atom stereocenters. The second-order valence-electron chi connectivity index (χ2n) is 4.65. The van der Waals surface area contributed by atoms with Gasteiger partial charge in [0.1, 0.15) is 6.61 Å².